The van der Waals surface area contributed by atoms with Gasteiger partial charge in [0.1, 0.15) is 6.04 Å². The monoisotopic (exact) mass is 326 g/mol. The largest absolute Gasteiger partial charge is 0.326 e. The van der Waals surface area contributed by atoms with Gasteiger partial charge in [0.15, 0.2) is 0 Å². The molecule has 1 aromatic carbocycles. The molecule has 0 unspecified atom stereocenters. The number of aryl methyl sites for hydroxylation is 2. The Bertz CT molecular complexity index is 794. The van der Waals surface area contributed by atoms with Crippen LogP contribution in [0.15, 0.2) is 30.3 Å². The van der Waals surface area contributed by atoms with Crippen molar-refractivity contribution in [2.24, 2.45) is 5.92 Å². The highest BCUT2D eigenvalue weighted by Crippen LogP contribution is 2.22. The van der Waals surface area contributed by atoms with Crippen LogP contribution in [0.3, 0.4) is 0 Å². The van der Waals surface area contributed by atoms with Gasteiger partial charge < -0.3 is 5.32 Å². The molecular weight excluding hydrogens is 304 g/mol. The summed E-state index contributed by atoms with van der Waals surface area (Å²) in [6.07, 6.45) is 0. The van der Waals surface area contributed by atoms with E-state index in [0.717, 1.165) is 22.6 Å². The number of nitrogens with zero attached hydrogens (tertiary/aromatic N) is 3. The third-order valence-electron chi connectivity index (χ3n) is 4.28. The van der Waals surface area contributed by atoms with Crippen LogP contribution in [-0.2, 0) is 11.3 Å². The first-order chi connectivity index (χ1) is 11.4. The van der Waals surface area contributed by atoms with E-state index in [1.165, 1.54) is 4.90 Å². The second kappa shape index (κ2) is 6.11. The zero-order valence-electron chi connectivity index (χ0n) is 14.4. The Kier molecular flexibility index (Phi) is 4.13. The van der Waals surface area contributed by atoms with Crippen LogP contribution in [0.25, 0.3) is 5.69 Å². The van der Waals surface area contributed by atoms with Crippen molar-refractivity contribution in [2.45, 2.75) is 40.3 Å². The van der Waals surface area contributed by atoms with E-state index < -0.39 is 6.04 Å². The zero-order chi connectivity index (χ0) is 17.4. The van der Waals surface area contributed by atoms with Crippen LogP contribution in [0.5, 0.6) is 0 Å². The fraction of sp³-hybridized carbons (Fsp3) is 0.389. The Morgan fingerprint density at radius 1 is 1.21 bits per heavy atom. The van der Waals surface area contributed by atoms with Crippen LogP contribution >= 0.6 is 0 Å². The van der Waals surface area contributed by atoms with Crippen molar-refractivity contribution >= 4 is 11.9 Å². The lowest BCUT2D eigenvalue weighted by Crippen LogP contribution is -2.34. The summed E-state index contributed by atoms with van der Waals surface area (Å²) >= 11 is 0. The van der Waals surface area contributed by atoms with Gasteiger partial charge in [0.2, 0.25) is 0 Å². The summed E-state index contributed by atoms with van der Waals surface area (Å²) in [5, 5.41) is 7.27. The third-order valence-corrected chi connectivity index (χ3v) is 4.28. The molecule has 1 saturated heterocycles. The van der Waals surface area contributed by atoms with E-state index in [2.05, 4.69) is 10.4 Å². The highest BCUT2D eigenvalue weighted by Gasteiger charge is 2.39. The lowest BCUT2D eigenvalue weighted by Gasteiger charge is -2.17. The first kappa shape index (κ1) is 16.2. The van der Waals surface area contributed by atoms with Gasteiger partial charge in [0.05, 0.1) is 17.9 Å². The number of imide groups is 1. The number of carbonyl (C=O) groups excluding carboxylic acids is 2. The van der Waals surface area contributed by atoms with Crippen LogP contribution in [0, 0.1) is 19.8 Å². The molecule has 24 heavy (non-hydrogen) atoms. The molecule has 0 saturated carbocycles. The van der Waals surface area contributed by atoms with Crippen molar-refractivity contribution in [2.75, 3.05) is 0 Å². The Morgan fingerprint density at radius 3 is 2.50 bits per heavy atom. The molecule has 1 aliphatic heterocycles. The summed E-state index contributed by atoms with van der Waals surface area (Å²) in [7, 11) is 0. The molecule has 0 aliphatic carbocycles. The predicted octanol–water partition coefficient (Wildman–Crippen LogP) is 2.57. The molecule has 0 radical (unpaired) electrons. The summed E-state index contributed by atoms with van der Waals surface area (Å²) in [6.45, 7) is 8.02. The lowest BCUT2D eigenvalue weighted by molar-refractivity contribution is -0.128. The van der Waals surface area contributed by atoms with Gasteiger partial charge in [-0.25, -0.2) is 9.48 Å². The molecule has 1 N–H and O–H groups in total. The average molecular weight is 326 g/mol. The zero-order valence-corrected chi connectivity index (χ0v) is 14.4. The van der Waals surface area contributed by atoms with Crippen LogP contribution in [-0.4, -0.2) is 32.7 Å². The number of aromatic nitrogens is 2. The van der Waals surface area contributed by atoms with Gasteiger partial charge in [-0.05, 0) is 37.5 Å². The number of rotatable bonds is 4. The maximum atomic E-state index is 12.5. The molecule has 126 valence electrons. The van der Waals surface area contributed by atoms with Gasteiger partial charge >= 0.3 is 6.03 Å². The van der Waals surface area contributed by atoms with Crippen molar-refractivity contribution < 1.29 is 9.59 Å². The maximum absolute atomic E-state index is 12.5. The van der Waals surface area contributed by atoms with E-state index in [0.29, 0.717) is 0 Å². The lowest BCUT2D eigenvalue weighted by atomic mass is 10.0. The number of hydrogen-bond donors (Lipinski definition) is 1. The Morgan fingerprint density at radius 2 is 1.92 bits per heavy atom. The second-order valence-corrected chi connectivity index (χ2v) is 6.56. The van der Waals surface area contributed by atoms with Crippen molar-refractivity contribution in [1.82, 2.24) is 20.0 Å². The summed E-state index contributed by atoms with van der Waals surface area (Å²) in [4.78, 5) is 26.0. The van der Waals surface area contributed by atoms with E-state index >= 15 is 0 Å². The molecule has 3 rings (SSSR count). The summed E-state index contributed by atoms with van der Waals surface area (Å²) in [5.41, 5.74) is 3.71. The van der Waals surface area contributed by atoms with Crippen molar-refractivity contribution in [3.8, 4) is 5.69 Å². The molecule has 6 nitrogen and oxygen atoms in total. The van der Waals surface area contributed by atoms with E-state index in [9.17, 15) is 9.59 Å². The number of para-hydroxylation sites is 1. The van der Waals surface area contributed by atoms with Gasteiger partial charge in [0.25, 0.3) is 5.91 Å². The van der Waals surface area contributed by atoms with E-state index in [4.69, 9.17) is 0 Å². The van der Waals surface area contributed by atoms with E-state index in [1.807, 2.05) is 62.7 Å². The fourth-order valence-corrected chi connectivity index (χ4v) is 3.04. The Hall–Kier alpha value is -2.63. The normalized spacial score (nSPS) is 17.7. The SMILES string of the molecule is Cc1cc(C)n(-c2ccccc2CN2C(=O)N[C@@H](C(C)C)C2=O)n1. The number of carbonyl (C=O) groups is 2. The first-order valence-corrected chi connectivity index (χ1v) is 8.12. The summed E-state index contributed by atoms with van der Waals surface area (Å²) in [6, 6.07) is 8.93. The highest BCUT2D eigenvalue weighted by molar-refractivity contribution is 6.04. The summed E-state index contributed by atoms with van der Waals surface area (Å²) in [5.74, 6) is -0.101. The third kappa shape index (κ3) is 2.79. The number of urea groups is 1. The topological polar surface area (TPSA) is 67.2 Å². The van der Waals surface area contributed by atoms with Crippen LogP contribution < -0.4 is 5.32 Å². The van der Waals surface area contributed by atoms with Crippen LogP contribution in [0.4, 0.5) is 4.79 Å². The molecule has 6 heteroatoms. The highest BCUT2D eigenvalue weighted by atomic mass is 16.2. The average Bonchev–Trinajstić information content (AvgIpc) is 3.01. The van der Waals surface area contributed by atoms with Crippen LogP contribution in [0.2, 0.25) is 0 Å². The van der Waals surface area contributed by atoms with Gasteiger partial charge in [-0.1, -0.05) is 32.0 Å². The number of hydrogen-bond acceptors (Lipinski definition) is 3. The van der Waals surface area contributed by atoms with E-state index in [-0.39, 0.29) is 24.4 Å². The summed E-state index contributed by atoms with van der Waals surface area (Å²) < 4.78 is 1.85. The van der Waals surface area contributed by atoms with Crippen LogP contribution in [0.1, 0.15) is 30.8 Å². The molecule has 0 bridgehead atoms. The van der Waals surface area contributed by atoms with Crippen molar-refractivity contribution in [1.29, 1.82) is 0 Å². The van der Waals surface area contributed by atoms with Gasteiger partial charge in [-0.15, -0.1) is 0 Å². The molecular formula is C18H22N4O2. The quantitative estimate of drug-likeness (QED) is 0.878. The van der Waals surface area contributed by atoms with Crippen molar-refractivity contribution in [3.63, 3.8) is 0 Å². The van der Waals surface area contributed by atoms with E-state index in [1.54, 1.807) is 0 Å². The molecule has 0 spiro atoms. The molecule has 1 aliphatic rings. The van der Waals surface area contributed by atoms with Gasteiger partial charge in [-0.2, -0.15) is 5.10 Å². The molecule has 1 aromatic heterocycles. The number of benzene rings is 1. The van der Waals surface area contributed by atoms with Gasteiger partial charge in [-0.3, -0.25) is 9.69 Å². The van der Waals surface area contributed by atoms with Crippen molar-refractivity contribution in [3.05, 3.63) is 47.3 Å². The number of nitrogens with one attached hydrogen (secondary N) is 1. The predicted molar refractivity (Wildman–Crippen MR) is 90.7 cm³/mol. The standard InChI is InChI=1S/C18H22N4O2/c1-11(2)16-17(23)21(18(24)19-16)10-14-7-5-6-8-15(14)22-13(4)9-12(3)20-22/h5-9,11,16H,10H2,1-4H3,(H,19,24)/t16-/m0/s1. The minimum Gasteiger partial charge on any atom is -0.326 e. The first-order valence-electron chi connectivity index (χ1n) is 8.12. The molecule has 3 amide bonds. The minimum atomic E-state index is -0.446. The molecule has 2 aromatic rings. The maximum Gasteiger partial charge on any atom is 0.325 e. The number of amides is 3. The molecule has 2 heterocycles. The Balaban J connectivity index is 1.93. The smallest absolute Gasteiger partial charge is 0.325 e. The fourth-order valence-electron chi connectivity index (χ4n) is 3.04. The Labute approximate surface area is 141 Å². The molecule has 1 fully saturated rings. The molecule has 1 atom stereocenters. The van der Waals surface area contributed by atoms with Gasteiger partial charge in [0, 0.05) is 5.69 Å². The minimum absolute atomic E-state index is 0.0673. The second-order valence-electron chi connectivity index (χ2n) is 6.56.